The van der Waals surface area contributed by atoms with Gasteiger partial charge in [0.2, 0.25) is 0 Å². The third-order valence-electron chi connectivity index (χ3n) is 3.61. The zero-order chi connectivity index (χ0) is 16.4. The van der Waals surface area contributed by atoms with Crippen molar-refractivity contribution in [2.24, 2.45) is 0 Å². The van der Waals surface area contributed by atoms with E-state index in [1.165, 1.54) is 4.90 Å². The van der Waals surface area contributed by atoms with Crippen molar-refractivity contribution in [3.05, 3.63) is 65.9 Å². The molecule has 3 rings (SSSR count). The van der Waals surface area contributed by atoms with Crippen LogP contribution in [0.3, 0.4) is 0 Å². The number of urea groups is 1. The van der Waals surface area contributed by atoms with E-state index in [1.807, 2.05) is 79.7 Å². The maximum atomic E-state index is 12.2. The largest absolute Gasteiger partial charge is 0.378 e. The lowest BCUT2D eigenvalue weighted by molar-refractivity contribution is 0.253. The summed E-state index contributed by atoms with van der Waals surface area (Å²) in [6, 6.07) is 17.2. The zero-order valence-electron chi connectivity index (χ0n) is 13.0. The number of hydrogen-bond donors (Lipinski definition) is 1. The molecule has 1 aliphatic rings. The van der Waals surface area contributed by atoms with E-state index in [0.29, 0.717) is 10.7 Å². The van der Waals surface area contributed by atoms with Crippen molar-refractivity contribution in [3.8, 4) is 0 Å². The Hall–Kier alpha value is -2.66. The lowest BCUT2D eigenvalue weighted by Gasteiger charge is -2.13. The SMILES string of the molecule is CN(C)c1ccc(/C=C2\NC(=O)N(c3ccccc3)C2=S)cc1. The van der Waals surface area contributed by atoms with E-state index in [0.717, 1.165) is 16.9 Å². The molecule has 0 radical (unpaired) electrons. The van der Waals surface area contributed by atoms with Gasteiger partial charge >= 0.3 is 6.03 Å². The van der Waals surface area contributed by atoms with E-state index < -0.39 is 0 Å². The lowest BCUT2D eigenvalue weighted by Crippen LogP contribution is -2.29. The van der Waals surface area contributed by atoms with Gasteiger partial charge < -0.3 is 10.2 Å². The Labute approximate surface area is 141 Å². The van der Waals surface area contributed by atoms with Gasteiger partial charge in [-0.25, -0.2) is 4.79 Å². The Morgan fingerprint density at radius 2 is 1.70 bits per heavy atom. The molecule has 23 heavy (non-hydrogen) atoms. The molecule has 1 N–H and O–H groups in total. The second-order valence-corrected chi connectivity index (χ2v) is 5.84. The van der Waals surface area contributed by atoms with Gasteiger partial charge in [0.25, 0.3) is 0 Å². The normalized spacial score (nSPS) is 15.9. The highest BCUT2D eigenvalue weighted by molar-refractivity contribution is 7.81. The maximum absolute atomic E-state index is 12.2. The fraction of sp³-hybridized carbons (Fsp3) is 0.111. The van der Waals surface area contributed by atoms with Crippen LogP contribution in [-0.4, -0.2) is 25.1 Å². The number of anilines is 2. The molecule has 0 aliphatic carbocycles. The quantitative estimate of drug-likeness (QED) is 0.692. The number of para-hydroxylation sites is 1. The van der Waals surface area contributed by atoms with Gasteiger partial charge in [0.15, 0.2) is 0 Å². The number of thiocarbonyl (C=S) groups is 1. The van der Waals surface area contributed by atoms with Crippen LogP contribution in [0.1, 0.15) is 5.56 Å². The summed E-state index contributed by atoms with van der Waals surface area (Å²) in [5.41, 5.74) is 3.52. The first-order valence-electron chi connectivity index (χ1n) is 7.26. The molecular weight excluding hydrogens is 306 g/mol. The molecule has 0 unspecified atom stereocenters. The topological polar surface area (TPSA) is 35.6 Å². The van der Waals surface area contributed by atoms with Crippen LogP contribution in [0.25, 0.3) is 6.08 Å². The standard InChI is InChI=1S/C18H17N3OS/c1-20(2)14-10-8-13(9-11-14)12-16-17(23)21(18(22)19-16)15-6-4-3-5-7-15/h3-12H,1-2H3,(H,19,22)/b16-12-. The third kappa shape index (κ3) is 3.10. The molecule has 0 atom stereocenters. The lowest BCUT2D eigenvalue weighted by atomic mass is 10.1. The average Bonchev–Trinajstić information content (AvgIpc) is 2.82. The molecular formula is C18H17N3OS. The van der Waals surface area contributed by atoms with Crippen LogP contribution in [-0.2, 0) is 0 Å². The smallest absolute Gasteiger partial charge is 0.331 e. The molecule has 0 spiro atoms. The second kappa shape index (κ2) is 6.22. The van der Waals surface area contributed by atoms with E-state index in [1.54, 1.807) is 0 Å². The van der Waals surface area contributed by atoms with Crippen LogP contribution in [0, 0.1) is 0 Å². The summed E-state index contributed by atoms with van der Waals surface area (Å²) in [6.45, 7) is 0. The molecule has 4 nitrogen and oxygen atoms in total. The predicted octanol–water partition coefficient (Wildman–Crippen LogP) is 3.65. The minimum atomic E-state index is -0.225. The molecule has 1 heterocycles. The van der Waals surface area contributed by atoms with Crippen molar-refractivity contribution in [2.75, 3.05) is 23.9 Å². The first kappa shape index (κ1) is 15.2. The highest BCUT2D eigenvalue weighted by Crippen LogP contribution is 2.23. The molecule has 2 amide bonds. The van der Waals surface area contributed by atoms with Crippen LogP contribution in [0.5, 0.6) is 0 Å². The molecule has 0 saturated carbocycles. The van der Waals surface area contributed by atoms with E-state index in [9.17, 15) is 4.79 Å². The first-order valence-corrected chi connectivity index (χ1v) is 7.66. The van der Waals surface area contributed by atoms with E-state index >= 15 is 0 Å². The summed E-state index contributed by atoms with van der Waals surface area (Å²) in [5, 5.41) is 2.83. The molecule has 2 aromatic carbocycles. The molecule has 0 bridgehead atoms. The van der Waals surface area contributed by atoms with Gasteiger partial charge in [-0.05, 0) is 35.9 Å². The summed E-state index contributed by atoms with van der Waals surface area (Å²) in [5.74, 6) is 0. The summed E-state index contributed by atoms with van der Waals surface area (Å²) >= 11 is 5.45. The predicted molar refractivity (Wildman–Crippen MR) is 98.8 cm³/mol. The van der Waals surface area contributed by atoms with Crippen LogP contribution < -0.4 is 15.1 Å². The van der Waals surface area contributed by atoms with Gasteiger partial charge in [0.1, 0.15) is 4.99 Å². The Bertz CT molecular complexity index is 767. The molecule has 1 aliphatic heterocycles. The highest BCUT2D eigenvalue weighted by atomic mass is 32.1. The van der Waals surface area contributed by atoms with Crippen LogP contribution in [0.15, 0.2) is 60.3 Å². The molecule has 2 aromatic rings. The molecule has 1 saturated heterocycles. The maximum Gasteiger partial charge on any atom is 0.331 e. The fourth-order valence-corrected chi connectivity index (χ4v) is 2.68. The number of rotatable bonds is 3. The minimum absolute atomic E-state index is 0.225. The van der Waals surface area contributed by atoms with Gasteiger partial charge in [-0.3, -0.25) is 4.90 Å². The van der Waals surface area contributed by atoms with Crippen molar-refractivity contribution >= 4 is 40.7 Å². The molecule has 1 fully saturated rings. The van der Waals surface area contributed by atoms with Crippen molar-refractivity contribution in [1.29, 1.82) is 0 Å². The van der Waals surface area contributed by atoms with Crippen molar-refractivity contribution in [2.45, 2.75) is 0 Å². The third-order valence-corrected chi connectivity index (χ3v) is 4.02. The van der Waals surface area contributed by atoms with Crippen LogP contribution in [0.4, 0.5) is 16.2 Å². The van der Waals surface area contributed by atoms with Crippen molar-refractivity contribution in [1.82, 2.24) is 5.32 Å². The number of amides is 2. The number of nitrogens with zero attached hydrogens (tertiary/aromatic N) is 2. The Kier molecular flexibility index (Phi) is 4.12. The average molecular weight is 323 g/mol. The van der Waals surface area contributed by atoms with Gasteiger partial charge in [-0.2, -0.15) is 0 Å². The Morgan fingerprint density at radius 1 is 1.04 bits per heavy atom. The number of hydrogen-bond acceptors (Lipinski definition) is 3. The van der Waals surface area contributed by atoms with Crippen LogP contribution in [0.2, 0.25) is 0 Å². The summed E-state index contributed by atoms with van der Waals surface area (Å²) in [4.78, 5) is 16.2. The number of carbonyl (C=O) groups is 1. The van der Waals surface area contributed by atoms with Crippen molar-refractivity contribution in [3.63, 3.8) is 0 Å². The molecule has 0 aromatic heterocycles. The van der Waals surface area contributed by atoms with E-state index in [-0.39, 0.29) is 6.03 Å². The Balaban J connectivity index is 1.87. The number of nitrogens with one attached hydrogen (secondary N) is 1. The van der Waals surface area contributed by atoms with Gasteiger partial charge in [0, 0.05) is 19.8 Å². The van der Waals surface area contributed by atoms with E-state index in [4.69, 9.17) is 12.2 Å². The zero-order valence-corrected chi connectivity index (χ0v) is 13.8. The number of carbonyl (C=O) groups excluding carboxylic acids is 1. The van der Waals surface area contributed by atoms with Gasteiger partial charge in [0.05, 0.1) is 11.4 Å². The second-order valence-electron chi connectivity index (χ2n) is 5.45. The number of benzene rings is 2. The van der Waals surface area contributed by atoms with Crippen molar-refractivity contribution < 1.29 is 4.79 Å². The van der Waals surface area contributed by atoms with Gasteiger partial charge in [-0.15, -0.1) is 0 Å². The summed E-state index contributed by atoms with van der Waals surface area (Å²) in [7, 11) is 4.00. The fourth-order valence-electron chi connectivity index (χ4n) is 2.38. The minimum Gasteiger partial charge on any atom is -0.378 e. The monoisotopic (exact) mass is 323 g/mol. The molecule has 116 valence electrons. The Morgan fingerprint density at radius 3 is 2.30 bits per heavy atom. The summed E-state index contributed by atoms with van der Waals surface area (Å²) < 4.78 is 0. The summed E-state index contributed by atoms with van der Waals surface area (Å²) in [6.07, 6.45) is 1.89. The van der Waals surface area contributed by atoms with E-state index in [2.05, 4.69) is 5.32 Å². The van der Waals surface area contributed by atoms with Gasteiger partial charge in [-0.1, -0.05) is 42.5 Å². The highest BCUT2D eigenvalue weighted by Gasteiger charge is 2.31. The first-order chi connectivity index (χ1) is 11.1. The van der Waals surface area contributed by atoms with Crippen LogP contribution >= 0.6 is 12.2 Å². The molecule has 5 heteroatoms.